The first kappa shape index (κ1) is 14.7. The van der Waals surface area contributed by atoms with Crippen molar-refractivity contribution in [3.05, 3.63) is 42.2 Å². The molecule has 0 unspecified atom stereocenters. The van der Waals surface area contributed by atoms with Crippen molar-refractivity contribution in [1.29, 1.82) is 0 Å². The van der Waals surface area contributed by atoms with E-state index in [9.17, 15) is 15.0 Å². The fourth-order valence-corrected chi connectivity index (χ4v) is 2.78. The van der Waals surface area contributed by atoms with E-state index in [-0.39, 0.29) is 25.0 Å². The quantitative estimate of drug-likeness (QED) is 0.785. The van der Waals surface area contributed by atoms with Crippen LogP contribution in [-0.2, 0) is 0 Å². The zero-order valence-electron chi connectivity index (χ0n) is 12.1. The number of piperidine rings is 1. The van der Waals surface area contributed by atoms with Gasteiger partial charge in [0.15, 0.2) is 0 Å². The van der Waals surface area contributed by atoms with Gasteiger partial charge in [-0.25, -0.2) is 4.98 Å². The number of imidazole rings is 1. The molecule has 3 rings (SSSR count). The van der Waals surface area contributed by atoms with Crippen LogP contribution in [0.5, 0.6) is 0 Å². The van der Waals surface area contributed by atoms with Gasteiger partial charge in [-0.3, -0.25) is 4.79 Å². The molecule has 1 fully saturated rings. The van der Waals surface area contributed by atoms with Crippen LogP contribution in [-0.4, -0.2) is 56.8 Å². The second kappa shape index (κ2) is 6.29. The first-order valence-corrected chi connectivity index (χ1v) is 7.37. The molecule has 0 bridgehead atoms. The molecule has 1 aliphatic rings. The lowest BCUT2D eigenvalue weighted by Gasteiger charge is -2.35. The number of carbonyl (C=O) groups is 1. The second-order valence-electron chi connectivity index (χ2n) is 5.57. The van der Waals surface area contributed by atoms with Crippen molar-refractivity contribution in [3.8, 4) is 11.4 Å². The van der Waals surface area contributed by atoms with Gasteiger partial charge in [0, 0.05) is 49.1 Å². The lowest BCUT2D eigenvalue weighted by Crippen LogP contribution is -2.47. The summed E-state index contributed by atoms with van der Waals surface area (Å²) in [4.78, 5) is 21.4. The summed E-state index contributed by atoms with van der Waals surface area (Å²) in [5.74, 6) is 0.469. The van der Waals surface area contributed by atoms with Gasteiger partial charge in [-0.2, -0.15) is 0 Å². The molecule has 0 saturated carbocycles. The third-order valence-corrected chi connectivity index (χ3v) is 4.12. The number of H-pyrrole nitrogens is 1. The molecule has 2 atom stereocenters. The molecular weight excluding hydrogens is 282 g/mol. The number of hydrogen-bond acceptors (Lipinski definition) is 4. The van der Waals surface area contributed by atoms with Gasteiger partial charge in [-0.05, 0) is 18.6 Å². The number of aliphatic hydroxyl groups excluding tert-OH is 2. The van der Waals surface area contributed by atoms with E-state index in [1.807, 2.05) is 12.1 Å². The molecule has 116 valence electrons. The van der Waals surface area contributed by atoms with E-state index in [1.54, 1.807) is 29.4 Å². The predicted molar refractivity (Wildman–Crippen MR) is 81.1 cm³/mol. The van der Waals surface area contributed by atoms with Gasteiger partial charge in [-0.1, -0.05) is 12.1 Å². The Hall–Kier alpha value is -2.18. The van der Waals surface area contributed by atoms with Crippen LogP contribution >= 0.6 is 0 Å². The average molecular weight is 301 g/mol. The summed E-state index contributed by atoms with van der Waals surface area (Å²) in [5, 5.41) is 19.1. The lowest BCUT2D eigenvalue weighted by molar-refractivity contribution is 0.000879. The Kier molecular flexibility index (Phi) is 4.22. The molecule has 1 aliphatic heterocycles. The number of aliphatic hydroxyl groups is 2. The molecule has 1 saturated heterocycles. The summed E-state index contributed by atoms with van der Waals surface area (Å²) >= 11 is 0. The monoisotopic (exact) mass is 301 g/mol. The summed E-state index contributed by atoms with van der Waals surface area (Å²) in [6, 6.07) is 7.27. The number of β-amino-alcohol motifs (C(OH)–C–C–N with tert-alkyl or cyclic N) is 1. The number of aromatic nitrogens is 2. The Balaban J connectivity index is 1.77. The number of carbonyl (C=O) groups excluding carboxylic acids is 1. The first-order chi connectivity index (χ1) is 10.7. The topological polar surface area (TPSA) is 89.5 Å². The third kappa shape index (κ3) is 2.88. The molecule has 2 heterocycles. The molecule has 6 nitrogen and oxygen atoms in total. The number of amides is 1. The van der Waals surface area contributed by atoms with Gasteiger partial charge in [0.25, 0.3) is 5.91 Å². The maximum Gasteiger partial charge on any atom is 0.253 e. The van der Waals surface area contributed by atoms with Crippen molar-refractivity contribution < 1.29 is 15.0 Å². The van der Waals surface area contributed by atoms with E-state index in [4.69, 9.17) is 0 Å². The van der Waals surface area contributed by atoms with Crippen molar-refractivity contribution in [1.82, 2.24) is 14.9 Å². The van der Waals surface area contributed by atoms with E-state index >= 15 is 0 Å². The molecule has 1 aromatic carbocycles. The van der Waals surface area contributed by atoms with Crippen molar-refractivity contribution in [3.63, 3.8) is 0 Å². The van der Waals surface area contributed by atoms with Crippen LogP contribution in [0.25, 0.3) is 11.4 Å². The number of likely N-dealkylation sites (tertiary alicyclic amines) is 1. The highest BCUT2D eigenvalue weighted by atomic mass is 16.3. The van der Waals surface area contributed by atoms with Gasteiger partial charge in [-0.15, -0.1) is 0 Å². The molecule has 0 aliphatic carbocycles. The van der Waals surface area contributed by atoms with E-state index in [0.29, 0.717) is 24.4 Å². The van der Waals surface area contributed by atoms with Gasteiger partial charge < -0.3 is 20.1 Å². The van der Waals surface area contributed by atoms with Crippen LogP contribution in [0.2, 0.25) is 0 Å². The smallest absolute Gasteiger partial charge is 0.253 e. The molecule has 1 amide bonds. The van der Waals surface area contributed by atoms with Crippen molar-refractivity contribution in [2.75, 3.05) is 19.7 Å². The number of nitrogens with zero attached hydrogens (tertiary/aromatic N) is 2. The molecule has 3 N–H and O–H groups in total. The summed E-state index contributed by atoms with van der Waals surface area (Å²) < 4.78 is 0. The predicted octanol–water partition coefficient (Wildman–Crippen LogP) is 0.892. The van der Waals surface area contributed by atoms with Crippen LogP contribution in [0.15, 0.2) is 36.7 Å². The van der Waals surface area contributed by atoms with Crippen LogP contribution in [0, 0.1) is 5.92 Å². The first-order valence-electron chi connectivity index (χ1n) is 7.37. The van der Waals surface area contributed by atoms with Crippen molar-refractivity contribution >= 4 is 5.91 Å². The van der Waals surface area contributed by atoms with E-state index in [2.05, 4.69) is 9.97 Å². The summed E-state index contributed by atoms with van der Waals surface area (Å²) in [6.07, 6.45) is 3.34. The van der Waals surface area contributed by atoms with Crippen LogP contribution in [0.4, 0.5) is 0 Å². The third-order valence-electron chi connectivity index (χ3n) is 4.12. The number of hydrogen-bond donors (Lipinski definition) is 3. The normalized spacial score (nSPS) is 21.8. The van der Waals surface area contributed by atoms with Gasteiger partial charge in [0.05, 0.1) is 6.10 Å². The van der Waals surface area contributed by atoms with Gasteiger partial charge >= 0.3 is 0 Å². The van der Waals surface area contributed by atoms with E-state index in [1.165, 1.54) is 0 Å². The minimum Gasteiger partial charge on any atom is -0.396 e. The minimum absolute atomic E-state index is 0.0445. The Morgan fingerprint density at radius 1 is 1.45 bits per heavy atom. The molecular formula is C16H19N3O3. The van der Waals surface area contributed by atoms with Crippen molar-refractivity contribution in [2.45, 2.75) is 12.5 Å². The number of nitrogens with one attached hydrogen (secondary N) is 1. The molecule has 6 heteroatoms. The fourth-order valence-electron chi connectivity index (χ4n) is 2.78. The highest BCUT2D eigenvalue weighted by molar-refractivity contribution is 5.95. The Labute approximate surface area is 128 Å². The number of benzene rings is 1. The fraction of sp³-hybridized carbons (Fsp3) is 0.375. The van der Waals surface area contributed by atoms with Crippen LogP contribution in [0.3, 0.4) is 0 Å². The zero-order chi connectivity index (χ0) is 15.5. The second-order valence-corrected chi connectivity index (χ2v) is 5.57. The number of rotatable bonds is 3. The van der Waals surface area contributed by atoms with Crippen molar-refractivity contribution in [2.24, 2.45) is 5.92 Å². The molecule has 2 aromatic rings. The number of aromatic amines is 1. The standard InChI is InChI=1S/C16H19N3O3/c20-10-13-4-7-19(9-14(13)21)16(22)12-3-1-2-11(8-12)15-17-5-6-18-15/h1-3,5-6,8,13-14,20-21H,4,7,9-10H2,(H,17,18)/t13-,14+/m0/s1. The maximum atomic E-state index is 12.6. The zero-order valence-corrected chi connectivity index (χ0v) is 12.1. The summed E-state index contributed by atoms with van der Waals surface area (Å²) in [7, 11) is 0. The average Bonchev–Trinajstić information content (AvgIpc) is 3.09. The molecule has 0 spiro atoms. The maximum absolute atomic E-state index is 12.6. The van der Waals surface area contributed by atoms with Crippen LogP contribution in [0.1, 0.15) is 16.8 Å². The SMILES string of the molecule is O=C(c1cccc(-c2ncc[nH]2)c1)N1CC[C@@H](CO)[C@H](O)C1. The Bertz CT molecular complexity index is 642. The highest BCUT2D eigenvalue weighted by Gasteiger charge is 2.30. The van der Waals surface area contributed by atoms with Gasteiger partial charge in [0.2, 0.25) is 0 Å². The molecule has 1 aromatic heterocycles. The van der Waals surface area contributed by atoms with Crippen LogP contribution < -0.4 is 0 Å². The molecule has 22 heavy (non-hydrogen) atoms. The largest absolute Gasteiger partial charge is 0.396 e. The lowest BCUT2D eigenvalue weighted by atomic mass is 9.94. The van der Waals surface area contributed by atoms with Gasteiger partial charge in [0.1, 0.15) is 5.82 Å². The summed E-state index contributed by atoms with van der Waals surface area (Å²) in [6.45, 7) is 0.762. The highest BCUT2D eigenvalue weighted by Crippen LogP contribution is 2.21. The molecule has 0 radical (unpaired) electrons. The summed E-state index contributed by atoms with van der Waals surface area (Å²) in [5.41, 5.74) is 1.42. The Morgan fingerprint density at radius 3 is 3.00 bits per heavy atom. The van der Waals surface area contributed by atoms with E-state index in [0.717, 1.165) is 5.56 Å². The minimum atomic E-state index is -0.670. The Morgan fingerprint density at radius 2 is 2.32 bits per heavy atom. The van der Waals surface area contributed by atoms with E-state index < -0.39 is 6.10 Å².